The van der Waals surface area contributed by atoms with E-state index in [2.05, 4.69) is 28.9 Å². The third-order valence-corrected chi connectivity index (χ3v) is 6.64. The first kappa shape index (κ1) is 26.1. The summed E-state index contributed by atoms with van der Waals surface area (Å²) in [7, 11) is 1.70. The normalized spacial score (nSPS) is 22.6. The minimum absolute atomic E-state index is 0.178. The highest BCUT2D eigenvalue weighted by molar-refractivity contribution is 5.81. The van der Waals surface area contributed by atoms with Crippen LogP contribution in [0, 0.1) is 17.3 Å². The van der Waals surface area contributed by atoms with Crippen LogP contribution in [0.2, 0.25) is 0 Å². The molecule has 1 aromatic heterocycles. The first-order valence-electron chi connectivity index (χ1n) is 11.6. The molecule has 0 amide bonds. The lowest BCUT2D eigenvalue weighted by molar-refractivity contribution is -0.170. The van der Waals surface area contributed by atoms with Crippen molar-refractivity contribution in [1.82, 2.24) is 4.98 Å². The lowest BCUT2D eigenvalue weighted by atomic mass is 9.59. The number of ether oxygens (including phenoxy) is 2. The van der Waals surface area contributed by atoms with Crippen LogP contribution < -0.4 is 0 Å². The van der Waals surface area contributed by atoms with Gasteiger partial charge in [0.15, 0.2) is 6.23 Å². The van der Waals surface area contributed by atoms with Crippen molar-refractivity contribution < 1.29 is 19.4 Å². The molecule has 8 nitrogen and oxygen atoms in total. The number of unbranched alkanes of at least 4 members (excludes halogenated alkanes) is 1. The van der Waals surface area contributed by atoms with Gasteiger partial charge in [0.1, 0.15) is 5.41 Å². The number of methoxy groups -OCH3 is 1. The minimum Gasteiger partial charge on any atom is -0.456 e. The van der Waals surface area contributed by atoms with Gasteiger partial charge in [-0.2, -0.15) is 0 Å². The largest absolute Gasteiger partial charge is 0.456 e. The second-order valence-electron chi connectivity index (χ2n) is 9.64. The molecule has 0 radical (unpaired) electrons. The number of aliphatic hydroxyl groups is 1. The van der Waals surface area contributed by atoms with Gasteiger partial charge < -0.3 is 14.6 Å². The minimum atomic E-state index is -1.34. The van der Waals surface area contributed by atoms with Gasteiger partial charge in [-0.15, -0.1) is 0 Å². The van der Waals surface area contributed by atoms with Crippen molar-refractivity contribution in [2.24, 2.45) is 22.4 Å². The van der Waals surface area contributed by atoms with Gasteiger partial charge in [0, 0.05) is 43.4 Å². The standard InChI is InChI=1S/C24H38N4O4/c1-17(2)9-11-23(30,24(18(3)4)16-21(27-28-25)32-22(24)29)15-19-10-12-26-20(14-19)8-6-7-13-31-5/h10,12,14,17-18,21,30H,6-9,11,13,15-16H2,1-5H3. The van der Waals surface area contributed by atoms with Crippen molar-refractivity contribution in [2.75, 3.05) is 13.7 Å². The van der Waals surface area contributed by atoms with Crippen LogP contribution in [0.25, 0.3) is 10.4 Å². The third kappa shape index (κ3) is 6.00. The van der Waals surface area contributed by atoms with Crippen LogP contribution in [0.1, 0.15) is 71.1 Å². The number of rotatable bonds is 13. The van der Waals surface area contributed by atoms with E-state index in [-0.39, 0.29) is 12.3 Å². The van der Waals surface area contributed by atoms with Crippen molar-refractivity contribution in [3.05, 3.63) is 40.0 Å². The lowest BCUT2D eigenvalue weighted by Crippen LogP contribution is -2.56. The number of pyridine rings is 1. The van der Waals surface area contributed by atoms with Gasteiger partial charge in [-0.05, 0) is 72.3 Å². The molecule has 0 bridgehead atoms. The Morgan fingerprint density at radius 1 is 1.41 bits per heavy atom. The van der Waals surface area contributed by atoms with E-state index in [1.54, 1.807) is 13.3 Å². The van der Waals surface area contributed by atoms with Gasteiger partial charge in [-0.3, -0.25) is 9.78 Å². The van der Waals surface area contributed by atoms with Gasteiger partial charge in [0.05, 0.1) is 5.60 Å². The van der Waals surface area contributed by atoms with Gasteiger partial charge in [0.25, 0.3) is 0 Å². The van der Waals surface area contributed by atoms with Crippen LogP contribution in [0.4, 0.5) is 0 Å². The molecule has 1 aliphatic heterocycles. The summed E-state index contributed by atoms with van der Waals surface area (Å²) in [5.74, 6) is -0.309. The highest BCUT2D eigenvalue weighted by Crippen LogP contribution is 2.52. The first-order chi connectivity index (χ1) is 15.2. The topological polar surface area (TPSA) is 117 Å². The Hall–Kier alpha value is -2.15. The Labute approximate surface area is 191 Å². The molecule has 2 rings (SSSR count). The Bertz CT molecular complexity index is 809. The molecule has 0 spiro atoms. The number of nitrogens with zero attached hydrogens (tertiary/aromatic N) is 4. The van der Waals surface area contributed by atoms with Crippen LogP contribution >= 0.6 is 0 Å². The number of esters is 1. The third-order valence-electron chi connectivity index (χ3n) is 6.64. The summed E-state index contributed by atoms with van der Waals surface area (Å²) in [5, 5.41) is 15.8. The van der Waals surface area contributed by atoms with Crippen LogP contribution in [0.5, 0.6) is 0 Å². The molecule has 1 N–H and O–H groups in total. The number of hydrogen-bond acceptors (Lipinski definition) is 6. The average molecular weight is 447 g/mol. The molecule has 0 saturated carbocycles. The SMILES string of the molecule is COCCCCc1cc(CC(O)(CCC(C)C)C2(C(C)C)CC(N=[N+]=[N-])OC2=O)ccn1. The number of carbonyl (C=O) groups is 1. The van der Waals surface area contributed by atoms with E-state index in [4.69, 9.17) is 15.0 Å². The van der Waals surface area contributed by atoms with E-state index in [1.165, 1.54) is 0 Å². The zero-order chi connectivity index (χ0) is 23.8. The van der Waals surface area contributed by atoms with Crippen molar-refractivity contribution in [1.29, 1.82) is 0 Å². The Morgan fingerprint density at radius 3 is 2.78 bits per heavy atom. The second-order valence-corrected chi connectivity index (χ2v) is 9.64. The van der Waals surface area contributed by atoms with Gasteiger partial charge in [-0.25, -0.2) is 0 Å². The predicted octanol–water partition coefficient (Wildman–Crippen LogP) is 4.99. The summed E-state index contributed by atoms with van der Waals surface area (Å²) in [5.41, 5.74) is 8.27. The van der Waals surface area contributed by atoms with Gasteiger partial charge in [-0.1, -0.05) is 27.7 Å². The fourth-order valence-electron chi connectivity index (χ4n) is 4.80. The smallest absolute Gasteiger partial charge is 0.315 e. The molecular weight excluding hydrogens is 408 g/mol. The number of carbonyl (C=O) groups excluding carboxylic acids is 1. The van der Waals surface area contributed by atoms with E-state index < -0.39 is 23.2 Å². The zero-order valence-electron chi connectivity index (χ0n) is 20.1. The Kier molecular flexibility index (Phi) is 9.49. The molecule has 1 aromatic rings. The number of hydrogen-bond donors (Lipinski definition) is 1. The maximum Gasteiger partial charge on any atom is 0.315 e. The van der Waals surface area contributed by atoms with Crippen LogP contribution in [-0.4, -0.2) is 41.6 Å². The summed E-state index contributed by atoms with van der Waals surface area (Å²) in [6, 6.07) is 3.92. The van der Waals surface area contributed by atoms with Crippen LogP contribution in [0.3, 0.4) is 0 Å². The van der Waals surface area contributed by atoms with Crippen molar-refractivity contribution >= 4 is 5.97 Å². The van der Waals surface area contributed by atoms with E-state index in [0.717, 1.165) is 43.5 Å². The maximum atomic E-state index is 13.2. The van der Waals surface area contributed by atoms with E-state index >= 15 is 0 Å². The number of aromatic nitrogens is 1. The molecule has 1 saturated heterocycles. The summed E-state index contributed by atoms with van der Waals surface area (Å²) < 4.78 is 10.5. The summed E-state index contributed by atoms with van der Waals surface area (Å²) in [4.78, 5) is 20.5. The predicted molar refractivity (Wildman–Crippen MR) is 123 cm³/mol. The van der Waals surface area contributed by atoms with Crippen molar-refractivity contribution in [2.45, 2.75) is 84.5 Å². The molecule has 32 heavy (non-hydrogen) atoms. The van der Waals surface area contributed by atoms with Crippen molar-refractivity contribution in [3.63, 3.8) is 0 Å². The highest BCUT2D eigenvalue weighted by Gasteiger charge is 2.62. The molecule has 0 aliphatic carbocycles. The molecule has 178 valence electrons. The first-order valence-corrected chi connectivity index (χ1v) is 11.6. The fraction of sp³-hybridized carbons (Fsp3) is 0.750. The maximum absolute atomic E-state index is 13.2. The lowest BCUT2D eigenvalue weighted by Gasteiger charge is -2.45. The molecule has 2 heterocycles. The second kappa shape index (κ2) is 11.6. The zero-order valence-corrected chi connectivity index (χ0v) is 20.1. The summed E-state index contributed by atoms with van der Waals surface area (Å²) >= 11 is 0. The number of cyclic esters (lactones) is 1. The molecule has 3 unspecified atom stereocenters. The van der Waals surface area contributed by atoms with E-state index in [9.17, 15) is 9.90 Å². The Morgan fingerprint density at radius 2 is 2.16 bits per heavy atom. The number of aryl methyl sites for hydroxylation is 1. The summed E-state index contributed by atoms with van der Waals surface area (Å²) in [6.45, 7) is 8.77. The molecule has 0 aromatic carbocycles. The number of azide groups is 1. The fourth-order valence-corrected chi connectivity index (χ4v) is 4.80. The van der Waals surface area contributed by atoms with Crippen LogP contribution in [0.15, 0.2) is 23.4 Å². The van der Waals surface area contributed by atoms with E-state index in [1.807, 2.05) is 26.0 Å². The summed E-state index contributed by atoms with van der Waals surface area (Å²) in [6.07, 6.45) is 5.34. The van der Waals surface area contributed by atoms with Gasteiger partial charge in [0.2, 0.25) is 0 Å². The van der Waals surface area contributed by atoms with Crippen molar-refractivity contribution in [3.8, 4) is 0 Å². The average Bonchev–Trinajstić information content (AvgIpc) is 3.08. The molecule has 3 atom stereocenters. The molecular formula is C24H38N4O4. The van der Waals surface area contributed by atoms with E-state index in [0.29, 0.717) is 18.8 Å². The molecule has 1 aliphatic rings. The van der Waals surface area contributed by atoms with Gasteiger partial charge >= 0.3 is 5.97 Å². The quantitative estimate of drug-likeness (QED) is 0.151. The molecule has 1 fully saturated rings. The molecule has 8 heteroatoms. The Balaban J connectivity index is 2.37. The van der Waals surface area contributed by atoms with Crippen LogP contribution in [-0.2, 0) is 27.1 Å². The monoisotopic (exact) mass is 446 g/mol. The highest BCUT2D eigenvalue weighted by atomic mass is 16.6.